The molecule has 0 saturated carbocycles. The van der Waals surface area contributed by atoms with Crippen LogP contribution in [-0.2, 0) is 4.79 Å². The second kappa shape index (κ2) is 7.51. The number of carbonyl (C=O) groups is 1. The van der Waals surface area contributed by atoms with Gasteiger partial charge >= 0.3 is 6.01 Å². The van der Waals surface area contributed by atoms with Gasteiger partial charge < -0.3 is 14.4 Å². The molecule has 1 saturated heterocycles. The highest BCUT2D eigenvalue weighted by Crippen LogP contribution is 2.18. The van der Waals surface area contributed by atoms with Gasteiger partial charge in [-0.05, 0) is 38.5 Å². The lowest BCUT2D eigenvalue weighted by Crippen LogP contribution is -2.34. The lowest BCUT2D eigenvalue weighted by atomic mass is 10.2. The van der Waals surface area contributed by atoms with Crippen molar-refractivity contribution in [2.75, 3.05) is 19.7 Å². The van der Waals surface area contributed by atoms with Crippen LogP contribution in [0.1, 0.15) is 23.4 Å². The first-order valence-electron chi connectivity index (χ1n) is 8.46. The molecule has 132 valence electrons. The summed E-state index contributed by atoms with van der Waals surface area (Å²) in [6.07, 6.45) is 0.690. The minimum atomic E-state index is -0.0800. The average Bonchev–Trinajstić information content (AvgIpc) is 3.01. The van der Waals surface area contributed by atoms with E-state index in [9.17, 15) is 4.79 Å². The number of para-hydroxylation sites is 1. The first-order chi connectivity index (χ1) is 12.0. The molecule has 1 atom stereocenters. The van der Waals surface area contributed by atoms with Crippen molar-refractivity contribution in [3.8, 4) is 11.8 Å². The number of nitrogens with zero attached hydrogens (tertiary/aromatic N) is 3. The summed E-state index contributed by atoms with van der Waals surface area (Å²) in [4.78, 5) is 22.7. The number of aromatic nitrogens is 2. The fourth-order valence-corrected chi connectivity index (χ4v) is 2.90. The van der Waals surface area contributed by atoms with Crippen LogP contribution < -0.4 is 9.47 Å². The van der Waals surface area contributed by atoms with Crippen LogP contribution >= 0.6 is 0 Å². The molecule has 3 rings (SSSR count). The second-order valence-electron chi connectivity index (χ2n) is 6.36. The number of carbonyl (C=O) groups excluding carboxylic acids is 1. The largest absolute Gasteiger partial charge is 0.484 e. The van der Waals surface area contributed by atoms with E-state index in [1.807, 2.05) is 51.1 Å². The SMILES string of the molecule is Cc1cc(C)nc(O[C@H]2CCN(C(=O)COc3ccccc3C)C2)n1. The van der Waals surface area contributed by atoms with Gasteiger partial charge in [-0.15, -0.1) is 0 Å². The minimum absolute atomic E-state index is 0.0318. The third kappa shape index (κ3) is 4.47. The van der Waals surface area contributed by atoms with E-state index in [0.29, 0.717) is 19.1 Å². The highest BCUT2D eigenvalue weighted by molar-refractivity contribution is 5.78. The lowest BCUT2D eigenvalue weighted by molar-refractivity contribution is -0.132. The summed E-state index contributed by atoms with van der Waals surface area (Å²) in [5, 5.41) is 0. The van der Waals surface area contributed by atoms with Gasteiger partial charge in [0, 0.05) is 24.4 Å². The maximum absolute atomic E-state index is 12.4. The van der Waals surface area contributed by atoms with Crippen molar-refractivity contribution in [2.24, 2.45) is 0 Å². The molecule has 1 aromatic heterocycles. The molecule has 0 spiro atoms. The summed E-state index contributed by atoms with van der Waals surface area (Å²) in [6, 6.07) is 9.96. The van der Waals surface area contributed by atoms with E-state index in [4.69, 9.17) is 9.47 Å². The van der Waals surface area contributed by atoms with E-state index in [1.54, 1.807) is 4.90 Å². The third-order valence-corrected chi connectivity index (χ3v) is 4.18. The highest BCUT2D eigenvalue weighted by atomic mass is 16.5. The molecule has 0 bridgehead atoms. The molecule has 6 nitrogen and oxygen atoms in total. The van der Waals surface area contributed by atoms with Gasteiger partial charge in [-0.3, -0.25) is 4.79 Å². The summed E-state index contributed by atoms with van der Waals surface area (Å²) in [5.74, 6) is 0.710. The van der Waals surface area contributed by atoms with E-state index in [-0.39, 0.29) is 18.6 Å². The van der Waals surface area contributed by atoms with Crippen LogP contribution in [0.3, 0.4) is 0 Å². The molecule has 1 aliphatic rings. The van der Waals surface area contributed by atoms with Crippen LogP contribution in [0.4, 0.5) is 0 Å². The molecule has 0 unspecified atom stereocenters. The van der Waals surface area contributed by atoms with E-state index < -0.39 is 0 Å². The first-order valence-corrected chi connectivity index (χ1v) is 8.46. The number of amides is 1. The minimum Gasteiger partial charge on any atom is -0.484 e. The normalized spacial score (nSPS) is 16.8. The van der Waals surface area contributed by atoms with Crippen LogP contribution in [0.25, 0.3) is 0 Å². The van der Waals surface area contributed by atoms with Gasteiger partial charge in [-0.25, -0.2) is 9.97 Å². The summed E-state index contributed by atoms with van der Waals surface area (Å²) >= 11 is 0. The lowest BCUT2D eigenvalue weighted by Gasteiger charge is -2.17. The Kier molecular flexibility index (Phi) is 5.16. The van der Waals surface area contributed by atoms with Crippen LogP contribution in [0, 0.1) is 20.8 Å². The van der Waals surface area contributed by atoms with Crippen molar-refractivity contribution in [3.05, 3.63) is 47.3 Å². The van der Waals surface area contributed by atoms with Crippen molar-refractivity contribution in [3.63, 3.8) is 0 Å². The Hall–Kier alpha value is -2.63. The zero-order valence-corrected chi connectivity index (χ0v) is 14.9. The van der Waals surface area contributed by atoms with Gasteiger partial charge in [0.05, 0.1) is 6.54 Å². The predicted octanol–water partition coefficient (Wildman–Crippen LogP) is 2.46. The fourth-order valence-electron chi connectivity index (χ4n) is 2.90. The average molecular weight is 341 g/mol. The highest BCUT2D eigenvalue weighted by Gasteiger charge is 2.28. The molecule has 1 amide bonds. The van der Waals surface area contributed by atoms with Gasteiger partial charge in [-0.1, -0.05) is 18.2 Å². The second-order valence-corrected chi connectivity index (χ2v) is 6.36. The third-order valence-electron chi connectivity index (χ3n) is 4.18. The zero-order chi connectivity index (χ0) is 17.8. The molecule has 25 heavy (non-hydrogen) atoms. The Balaban J connectivity index is 1.52. The van der Waals surface area contributed by atoms with E-state index in [1.165, 1.54) is 0 Å². The number of ether oxygens (including phenoxy) is 2. The van der Waals surface area contributed by atoms with Crippen molar-refractivity contribution >= 4 is 5.91 Å². The first kappa shape index (κ1) is 17.2. The Morgan fingerprint density at radius 2 is 1.92 bits per heavy atom. The molecule has 0 aliphatic carbocycles. The zero-order valence-electron chi connectivity index (χ0n) is 14.9. The van der Waals surface area contributed by atoms with Gasteiger partial charge in [0.1, 0.15) is 11.9 Å². The predicted molar refractivity (Wildman–Crippen MR) is 93.8 cm³/mol. The standard InChI is InChI=1S/C19H23N3O3/c1-13-6-4-5-7-17(13)24-12-18(23)22-9-8-16(11-22)25-19-20-14(2)10-15(3)21-19/h4-7,10,16H,8-9,11-12H2,1-3H3/t16-/m0/s1. The van der Waals surface area contributed by atoms with Crippen LogP contribution in [0.2, 0.25) is 0 Å². The summed E-state index contributed by atoms with van der Waals surface area (Å²) in [7, 11) is 0. The number of aryl methyl sites for hydroxylation is 3. The molecular formula is C19H23N3O3. The van der Waals surface area contributed by atoms with Crippen LogP contribution in [-0.4, -0.2) is 46.6 Å². The number of benzene rings is 1. The van der Waals surface area contributed by atoms with Crippen LogP contribution in [0.15, 0.2) is 30.3 Å². The molecule has 0 radical (unpaired) electrons. The summed E-state index contributed by atoms with van der Waals surface area (Å²) in [6.45, 7) is 7.02. The van der Waals surface area contributed by atoms with Crippen LogP contribution in [0.5, 0.6) is 11.8 Å². The monoisotopic (exact) mass is 341 g/mol. The smallest absolute Gasteiger partial charge is 0.317 e. The molecule has 1 aromatic carbocycles. The Morgan fingerprint density at radius 1 is 1.20 bits per heavy atom. The number of hydrogen-bond donors (Lipinski definition) is 0. The molecule has 0 N–H and O–H groups in total. The Bertz CT molecular complexity index is 743. The van der Waals surface area contributed by atoms with E-state index in [2.05, 4.69) is 9.97 Å². The summed E-state index contributed by atoms with van der Waals surface area (Å²) < 4.78 is 11.5. The maximum atomic E-state index is 12.4. The van der Waals surface area contributed by atoms with Crippen molar-refractivity contribution in [2.45, 2.75) is 33.3 Å². The quantitative estimate of drug-likeness (QED) is 0.836. The molecule has 2 aromatic rings. The summed E-state index contributed by atoms with van der Waals surface area (Å²) in [5.41, 5.74) is 2.77. The topological polar surface area (TPSA) is 64.5 Å². The van der Waals surface area contributed by atoms with Gasteiger partial charge in [-0.2, -0.15) is 0 Å². The molecular weight excluding hydrogens is 318 g/mol. The molecule has 2 heterocycles. The number of rotatable bonds is 5. The van der Waals surface area contributed by atoms with Gasteiger partial charge in [0.2, 0.25) is 0 Å². The fraction of sp³-hybridized carbons (Fsp3) is 0.421. The van der Waals surface area contributed by atoms with Crippen molar-refractivity contribution < 1.29 is 14.3 Å². The van der Waals surface area contributed by atoms with Gasteiger partial charge in [0.25, 0.3) is 5.91 Å². The number of likely N-dealkylation sites (tertiary alicyclic amines) is 1. The van der Waals surface area contributed by atoms with E-state index in [0.717, 1.165) is 29.1 Å². The van der Waals surface area contributed by atoms with Crippen molar-refractivity contribution in [1.29, 1.82) is 0 Å². The van der Waals surface area contributed by atoms with Crippen molar-refractivity contribution in [1.82, 2.24) is 14.9 Å². The Morgan fingerprint density at radius 3 is 2.64 bits per heavy atom. The maximum Gasteiger partial charge on any atom is 0.317 e. The van der Waals surface area contributed by atoms with Gasteiger partial charge in [0.15, 0.2) is 6.61 Å². The molecule has 1 fully saturated rings. The number of hydrogen-bond acceptors (Lipinski definition) is 5. The van der Waals surface area contributed by atoms with E-state index >= 15 is 0 Å². The molecule has 1 aliphatic heterocycles. The Labute approximate surface area is 147 Å². The molecule has 6 heteroatoms.